The summed E-state index contributed by atoms with van der Waals surface area (Å²) in [6, 6.07) is 4.99. The molecule has 0 aliphatic carbocycles. The number of aryl methyl sites for hydroxylation is 1. The maximum atomic E-state index is 11.4. The van der Waals surface area contributed by atoms with Crippen LogP contribution in [0.15, 0.2) is 18.2 Å². The Morgan fingerprint density at radius 3 is 2.86 bits per heavy atom. The molecule has 1 rings (SSSR count). The maximum Gasteiger partial charge on any atom is 0.255 e. The molecule has 0 aromatic heterocycles. The molecule has 0 atom stereocenters. The minimum absolute atomic E-state index is 0.0251. The Morgan fingerprint density at radius 1 is 1.57 bits per heavy atom. The zero-order chi connectivity index (χ0) is 10.6. The van der Waals surface area contributed by atoms with Crippen molar-refractivity contribution in [2.24, 2.45) is 0 Å². The molecule has 0 fully saturated rings. The number of hydrogen-bond donors (Lipinski definition) is 2. The Kier molecular flexibility index (Phi) is 3.95. The predicted octanol–water partition coefficient (Wildman–Crippen LogP) is 1.83. The van der Waals surface area contributed by atoms with E-state index < -0.39 is 0 Å². The summed E-state index contributed by atoms with van der Waals surface area (Å²) in [6.07, 6.45) is 0. The minimum Gasteiger partial charge on any atom is -0.507 e. The second kappa shape index (κ2) is 5.00. The fourth-order valence-corrected chi connectivity index (χ4v) is 1.29. The number of alkyl halides is 1. The summed E-state index contributed by atoms with van der Waals surface area (Å²) in [5, 5.41) is 12.9. The van der Waals surface area contributed by atoms with E-state index in [0.717, 1.165) is 5.56 Å². The Bertz CT molecular complexity index is 339. The lowest BCUT2D eigenvalue weighted by Gasteiger charge is -2.05. The van der Waals surface area contributed by atoms with Crippen LogP contribution in [0.3, 0.4) is 0 Å². The van der Waals surface area contributed by atoms with Gasteiger partial charge < -0.3 is 10.4 Å². The van der Waals surface area contributed by atoms with E-state index in [2.05, 4.69) is 21.2 Å². The summed E-state index contributed by atoms with van der Waals surface area (Å²) in [7, 11) is 0. The van der Waals surface area contributed by atoms with Crippen molar-refractivity contribution >= 4 is 21.8 Å². The molecule has 2 N–H and O–H groups in total. The van der Waals surface area contributed by atoms with Crippen molar-refractivity contribution in [3.63, 3.8) is 0 Å². The summed E-state index contributed by atoms with van der Waals surface area (Å²) in [5.41, 5.74) is 1.25. The van der Waals surface area contributed by atoms with Gasteiger partial charge in [0.15, 0.2) is 0 Å². The molecule has 0 aliphatic heterocycles. The summed E-state index contributed by atoms with van der Waals surface area (Å²) in [6.45, 7) is 2.41. The highest BCUT2D eigenvalue weighted by molar-refractivity contribution is 9.09. The Labute approximate surface area is 91.3 Å². The molecule has 1 amide bonds. The second-order valence-corrected chi connectivity index (χ2v) is 3.76. The first-order chi connectivity index (χ1) is 6.65. The number of halogens is 1. The Balaban J connectivity index is 2.80. The van der Waals surface area contributed by atoms with E-state index in [4.69, 9.17) is 0 Å². The molecule has 0 saturated carbocycles. The number of phenols is 1. The number of benzene rings is 1. The second-order valence-electron chi connectivity index (χ2n) is 2.97. The molecular formula is C10H12BrNO2. The molecule has 0 bridgehead atoms. The van der Waals surface area contributed by atoms with Gasteiger partial charge in [-0.05, 0) is 24.6 Å². The van der Waals surface area contributed by atoms with Gasteiger partial charge in [-0.1, -0.05) is 22.0 Å². The fraction of sp³-hybridized carbons (Fsp3) is 0.300. The zero-order valence-electron chi connectivity index (χ0n) is 7.88. The molecule has 0 heterocycles. The number of carbonyl (C=O) groups excluding carboxylic acids is 1. The van der Waals surface area contributed by atoms with E-state index in [0.29, 0.717) is 17.4 Å². The van der Waals surface area contributed by atoms with Crippen molar-refractivity contribution in [2.45, 2.75) is 6.92 Å². The molecular weight excluding hydrogens is 246 g/mol. The van der Waals surface area contributed by atoms with E-state index in [9.17, 15) is 9.90 Å². The third kappa shape index (κ3) is 2.73. The molecule has 0 unspecified atom stereocenters. The average molecular weight is 258 g/mol. The number of carbonyl (C=O) groups is 1. The number of aromatic hydroxyl groups is 1. The topological polar surface area (TPSA) is 49.3 Å². The Morgan fingerprint density at radius 2 is 2.29 bits per heavy atom. The van der Waals surface area contributed by atoms with Gasteiger partial charge in [-0.25, -0.2) is 0 Å². The third-order valence-electron chi connectivity index (χ3n) is 1.78. The Hall–Kier alpha value is -1.03. The standard InChI is InChI=1S/C10H12BrNO2/c1-7-2-3-8(9(13)6-7)10(14)12-5-4-11/h2-3,6,13H,4-5H2,1H3,(H,12,14). The van der Waals surface area contributed by atoms with Crippen LogP contribution in [-0.2, 0) is 0 Å². The monoisotopic (exact) mass is 257 g/mol. The van der Waals surface area contributed by atoms with Crippen LogP contribution in [0, 0.1) is 6.92 Å². The highest BCUT2D eigenvalue weighted by Gasteiger charge is 2.09. The van der Waals surface area contributed by atoms with Crippen molar-refractivity contribution in [2.75, 3.05) is 11.9 Å². The minimum atomic E-state index is -0.248. The predicted molar refractivity (Wildman–Crippen MR) is 59.0 cm³/mol. The fourth-order valence-electron chi connectivity index (χ4n) is 1.09. The number of phenolic OH excluding ortho intramolecular Hbond substituents is 1. The van der Waals surface area contributed by atoms with Gasteiger partial charge >= 0.3 is 0 Å². The van der Waals surface area contributed by atoms with Crippen LogP contribution in [0.5, 0.6) is 5.75 Å². The summed E-state index contributed by atoms with van der Waals surface area (Å²) in [4.78, 5) is 11.4. The molecule has 3 nitrogen and oxygen atoms in total. The van der Waals surface area contributed by atoms with Crippen LogP contribution in [0.4, 0.5) is 0 Å². The number of rotatable bonds is 3. The molecule has 1 aromatic carbocycles. The largest absolute Gasteiger partial charge is 0.507 e. The first-order valence-electron chi connectivity index (χ1n) is 4.29. The van der Waals surface area contributed by atoms with Crippen LogP contribution >= 0.6 is 15.9 Å². The van der Waals surface area contributed by atoms with Gasteiger partial charge in [0.25, 0.3) is 5.91 Å². The maximum absolute atomic E-state index is 11.4. The lowest BCUT2D eigenvalue weighted by atomic mass is 10.1. The van der Waals surface area contributed by atoms with E-state index in [1.54, 1.807) is 18.2 Å². The number of amides is 1. The van der Waals surface area contributed by atoms with Gasteiger partial charge in [-0.15, -0.1) is 0 Å². The SMILES string of the molecule is Cc1ccc(C(=O)NCCBr)c(O)c1. The van der Waals surface area contributed by atoms with E-state index in [1.807, 2.05) is 6.92 Å². The molecule has 14 heavy (non-hydrogen) atoms. The van der Waals surface area contributed by atoms with Gasteiger partial charge in [-0.2, -0.15) is 0 Å². The normalized spacial score (nSPS) is 9.86. The summed E-state index contributed by atoms with van der Waals surface area (Å²) >= 11 is 3.20. The smallest absolute Gasteiger partial charge is 0.255 e. The first-order valence-corrected chi connectivity index (χ1v) is 5.41. The van der Waals surface area contributed by atoms with Gasteiger partial charge in [-0.3, -0.25) is 4.79 Å². The van der Waals surface area contributed by atoms with Crippen LogP contribution in [-0.4, -0.2) is 22.9 Å². The van der Waals surface area contributed by atoms with Crippen molar-refractivity contribution in [3.05, 3.63) is 29.3 Å². The van der Waals surface area contributed by atoms with Crippen molar-refractivity contribution < 1.29 is 9.90 Å². The average Bonchev–Trinajstić information content (AvgIpc) is 2.14. The number of hydrogen-bond acceptors (Lipinski definition) is 2. The van der Waals surface area contributed by atoms with Crippen LogP contribution in [0.25, 0.3) is 0 Å². The van der Waals surface area contributed by atoms with Crippen LogP contribution in [0.1, 0.15) is 15.9 Å². The van der Waals surface area contributed by atoms with Gasteiger partial charge in [0, 0.05) is 11.9 Å². The molecule has 76 valence electrons. The first kappa shape index (κ1) is 11.0. The quantitative estimate of drug-likeness (QED) is 0.812. The summed E-state index contributed by atoms with van der Waals surface area (Å²) in [5.74, 6) is -0.223. The number of nitrogens with one attached hydrogen (secondary N) is 1. The highest BCUT2D eigenvalue weighted by Crippen LogP contribution is 2.17. The lowest BCUT2D eigenvalue weighted by Crippen LogP contribution is -2.25. The van der Waals surface area contributed by atoms with Crippen molar-refractivity contribution in [3.8, 4) is 5.75 Å². The van der Waals surface area contributed by atoms with Crippen LogP contribution in [0.2, 0.25) is 0 Å². The molecule has 4 heteroatoms. The summed E-state index contributed by atoms with van der Waals surface area (Å²) < 4.78 is 0. The zero-order valence-corrected chi connectivity index (χ0v) is 9.47. The molecule has 0 saturated heterocycles. The van der Waals surface area contributed by atoms with E-state index >= 15 is 0 Å². The molecule has 0 spiro atoms. The van der Waals surface area contributed by atoms with E-state index in [1.165, 1.54) is 0 Å². The van der Waals surface area contributed by atoms with Crippen molar-refractivity contribution in [1.29, 1.82) is 0 Å². The third-order valence-corrected chi connectivity index (χ3v) is 2.17. The van der Waals surface area contributed by atoms with Crippen LogP contribution < -0.4 is 5.32 Å². The molecule has 0 aliphatic rings. The molecule has 0 radical (unpaired) electrons. The highest BCUT2D eigenvalue weighted by atomic mass is 79.9. The van der Waals surface area contributed by atoms with Crippen molar-refractivity contribution in [1.82, 2.24) is 5.32 Å². The van der Waals surface area contributed by atoms with Gasteiger partial charge in [0.1, 0.15) is 5.75 Å². The molecule has 1 aromatic rings. The lowest BCUT2D eigenvalue weighted by molar-refractivity contribution is 0.0953. The van der Waals surface area contributed by atoms with Gasteiger partial charge in [0.05, 0.1) is 5.56 Å². The van der Waals surface area contributed by atoms with Gasteiger partial charge in [0.2, 0.25) is 0 Å². The van der Waals surface area contributed by atoms with E-state index in [-0.39, 0.29) is 11.7 Å².